The van der Waals surface area contributed by atoms with E-state index in [0.29, 0.717) is 5.84 Å². The molecule has 0 heterocycles. The molecule has 0 bridgehead atoms. The van der Waals surface area contributed by atoms with Gasteiger partial charge in [0.1, 0.15) is 17.3 Å². The van der Waals surface area contributed by atoms with Crippen molar-refractivity contribution in [1.29, 1.82) is 5.41 Å². The molecule has 3 nitrogen and oxygen atoms in total. The molecule has 0 aliphatic carbocycles. The maximum Gasteiger partial charge on any atom is 0.141 e. The van der Waals surface area contributed by atoms with Crippen LogP contribution in [0.25, 0.3) is 0 Å². The van der Waals surface area contributed by atoms with Crippen LogP contribution >= 0.6 is 15.9 Å². The maximum atomic E-state index is 8.26. The number of hydrogen-bond donors (Lipinski definition) is 1. The molecule has 0 atom stereocenters. The summed E-state index contributed by atoms with van der Waals surface area (Å²) in [6.45, 7) is 6.87. The van der Waals surface area contributed by atoms with E-state index in [2.05, 4.69) is 15.9 Å². The van der Waals surface area contributed by atoms with Gasteiger partial charge in [-0.3, -0.25) is 5.41 Å². The molecule has 0 radical (unpaired) electrons. The topological polar surface area (TPSA) is 36.3 Å². The molecule has 22 heavy (non-hydrogen) atoms. The van der Waals surface area contributed by atoms with Gasteiger partial charge in [-0.25, -0.2) is 0 Å². The molecule has 0 saturated carbocycles. The van der Waals surface area contributed by atoms with Gasteiger partial charge in [0.05, 0.1) is 4.47 Å². The largest absolute Gasteiger partial charge is 0.456 e. The minimum absolute atomic E-state index is 0.517. The van der Waals surface area contributed by atoms with Crippen LogP contribution in [0.2, 0.25) is 0 Å². The highest BCUT2D eigenvalue weighted by molar-refractivity contribution is 9.10. The van der Waals surface area contributed by atoms with Crippen molar-refractivity contribution in [3.05, 3.63) is 57.6 Å². The Labute approximate surface area is 140 Å². The van der Waals surface area contributed by atoms with Crippen molar-refractivity contribution >= 4 is 21.8 Å². The molecule has 2 rings (SSSR count). The number of aryl methyl sites for hydroxylation is 2. The van der Waals surface area contributed by atoms with Gasteiger partial charge >= 0.3 is 0 Å². The quantitative estimate of drug-likeness (QED) is 0.605. The lowest BCUT2D eigenvalue weighted by molar-refractivity contribution is 0.475. The van der Waals surface area contributed by atoms with Crippen molar-refractivity contribution < 1.29 is 4.74 Å². The predicted octanol–water partition coefficient (Wildman–Crippen LogP) is 5.14. The van der Waals surface area contributed by atoms with Crippen molar-refractivity contribution in [3.8, 4) is 11.5 Å². The van der Waals surface area contributed by atoms with Crippen molar-refractivity contribution in [2.24, 2.45) is 0 Å². The summed E-state index contributed by atoms with van der Waals surface area (Å²) < 4.78 is 6.86. The third-order valence-electron chi connectivity index (χ3n) is 3.70. The van der Waals surface area contributed by atoms with Crippen LogP contribution in [0, 0.1) is 19.3 Å². The van der Waals surface area contributed by atoms with Crippen LogP contribution < -0.4 is 4.74 Å². The number of ether oxygens (including phenoxy) is 1. The Morgan fingerprint density at radius 3 is 2.45 bits per heavy atom. The van der Waals surface area contributed by atoms with Gasteiger partial charge in [-0.15, -0.1) is 0 Å². The SMILES string of the molecule is CCN(C)C(=N)c1cc(Br)c(Oc2ccccc2C)cc1C. The van der Waals surface area contributed by atoms with Crippen LogP contribution in [-0.4, -0.2) is 24.3 Å². The van der Waals surface area contributed by atoms with Gasteiger partial charge in [0.15, 0.2) is 0 Å². The Balaban J connectivity index is 2.35. The first kappa shape index (κ1) is 16.6. The first-order valence-electron chi connectivity index (χ1n) is 7.27. The normalized spacial score (nSPS) is 10.4. The van der Waals surface area contributed by atoms with Crippen LogP contribution in [0.3, 0.4) is 0 Å². The Morgan fingerprint density at radius 2 is 1.82 bits per heavy atom. The van der Waals surface area contributed by atoms with Crippen molar-refractivity contribution in [2.45, 2.75) is 20.8 Å². The number of amidine groups is 1. The number of halogens is 1. The lowest BCUT2D eigenvalue weighted by Crippen LogP contribution is -2.26. The second-order valence-electron chi connectivity index (χ2n) is 5.33. The summed E-state index contributed by atoms with van der Waals surface area (Å²) in [4.78, 5) is 1.91. The lowest BCUT2D eigenvalue weighted by atomic mass is 10.1. The van der Waals surface area contributed by atoms with E-state index in [1.807, 2.05) is 69.1 Å². The fourth-order valence-electron chi connectivity index (χ4n) is 2.14. The minimum atomic E-state index is 0.517. The summed E-state index contributed by atoms with van der Waals surface area (Å²) in [5, 5.41) is 8.26. The maximum absolute atomic E-state index is 8.26. The molecule has 0 amide bonds. The van der Waals surface area contributed by atoms with Crippen LogP contribution in [0.15, 0.2) is 40.9 Å². The van der Waals surface area contributed by atoms with E-state index < -0.39 is 0 Å². The molecule has 0 unspecified atom stereocenters. The second-order valence-corrected chi connectivity index (χ2v) is 6.18. The zero-order chi connectivity index (χ0) is 16.3. The number of benzene rings is 2. The molecule has 0 fully saturated rings. The molecule has 0 aromatic heterocycles. The molecular formula is C18H21BrN2O. The molecule has 0 spiro atoms. The van der Waals surface area contributed by atoms with Gasteiger partial charge in [0.2, 0.25) is 0 Å². The van der Waals surface area contributed by atoms with Gasteiger partial charge in [-0.1, -0.05) is 18.2 Å². The standard InChI is InChI=1S/C18H21BrN2O/c1-5-21(4)18(20)14-11-15(19)17(10-13(14)3)22-16-9-7-6-8-12(16)2/h6-11,20H,5H2,1-4H3. The van der Waals surface area contributed by atoms with E-state index in [9.17, 15) is 0 Å². The number of para-hydroxylation sites is 1. The van der Waals surface area contributed by atoms with Crippen molar-refractivity contribution in [2.75, 3.05) is 13.6 Å². The van der Waals surface area contributed by atoms with Crippen LogP contribution in [-0.2, 0) is 0 Å². The fraction of sp³-hybridized carbons (Fsp3) is 0.278. The monoisotopic (exact) mass is 360 g/mol. The van der Waals surface area contributed by atoms with Gasteiger partial charge in [0.25, 0.3) is 0 Å². The first-order valence-corrected chi connectivity index (χ1v) is 8.07. The zero-order valence-corrected chi connectivity index (χ0v) is 15.0. The Hall–Kier alpha value is -1.81. The number of nitrogens with zero attached hydrogens (tertiary/aromatic N) is 1. The molecule has 2 aromatic rings. The molecule has 0 saturated heterocycles. The summed E-state index contributed by atoms with van der Waals surface area (Å²) in [5.41, 5.74) is 3.03. The highest BCUT2D eigenvalue weighted by Gasteiger charge is 2.14. The van der Waals surface area contributed by atoms with Gasteiger partial charge in [0, 0.05) is 19.2 Å². The highest BCUT2D eigenvalue weighted by atomic mass is 79.9. The lowest BCUT2D eigenvalue weighted by Gasteiger charge is -2.20. The zero-order valence-electron chi connectivity index (χ0n) is 13.4. The summed E-state index contributed by atoms with van der Waals surface area (Å²) >= 11 is 3.56. The average molecular weight is 361 g/mol. The molecule has 2 aromatic carbocycles. The molecular weight excluding hydrogens is 340 g/mol. The van der Waals surface area contributed by atoms with Crippen molar-refractivity contribution in [3.63, 3.8) is 0 Å². The summed E-state index contributed by atoms with van der Waals surface area (Å²) in [7, 11) is 1.92. The molecule has 1 N–H and O–H groups in total. The fourth-order valence-corrected chi connectivity index (χ4v) is 2.57. The smallest absolute Gasteiger partial charge is 0.141 e. The minimum Gasteiger partial charge on any atom is -0.456 e. The van der Waals surface area contributed by atoms with Gasteiger partial charge < -0.3 is 9.64 Å². The number of rotatable bonds is 4. The highest BCUT2D eigenvalue weighted by Crippen LogP contribution is 2.33. The van der Waals surface area contributed by atoms with Crippen molar-refractivity contribution in [1.82, 2.24) is 4.90 Å². The molecule has 4 heteroatoms. The Kier molecular flexibility index (Phi) is 5.24. The van der Waals surface area contributed by atoms with E-state index in [1.165, 1.54) is 0 Å². The Bertz CT molecular complexity index is 697. The third-order valence-corrected chi connectivity index (χ3v) is 4.32. The second kappa shape index (κ2) is 6.97. The van der Waals surface area contributed by atoms with Crippen LogP contribution in [0.4, 0.5) is 0 Å². The van der Waals surface area contributed by atoms with E-state index in [0.717, 1.165) is 39.2 Å². The van der Waals surface area contributed by atoms with Crippen LogP contribution in [0.1, 0.15) is 23.6 Å². The molecule has 0 aliphatic heterocycles. The first-order chi connectivity index (χ1) is 10.4. The van der Waals surface area contributed by atoms with Crippen LogP contribution in [0.5, 0.6) is 11.5 Å². The summed E-state index contributed by atoms with van der Waals surface area (Å²) in [6.07, 6.45) is 0. The summed E-state index contributed by atoms with van der Waals surface area (Å²) in [6, 6.07) is 11.9. The predicted molar refractivity (Wildman–Crippen MR) is 95.3 cm³/mol. The van der Waals surface area contributed by atoms with Gasteiger partial charge in [-0.05, 0) is 66.0 Å². The third kappa shape index (κ3) is 3.50. The molecule has 0 aliphatic rings. The number of hydrogen-bond acceptors (Lipinski definition) is 2. The summed E-state index contributed by atoms with van der Waals surface area (Å²) in [5.74, 6) is 2.13. The van der Waals surface area contributed by atoms with E-state index in [4.69, 9.17) is 10.1 Å². The number of nitrogens with one attached hydrogen (secondary N) is 1. The Morgan fingerprint density at radius 1 is 1.14 bits per heavy atom. The van der Waals surface area contributed by atoms with Gasteiger partial charge in [-0.2, -0.15) is 0 Å². The van der Waals surface area contributed by atoms with E-state index >= 15 is 0 Å². The van der Waals surface area contributed by atoms with E-state index in [1.54, 1.807) is 0 Å². The molecule has 116 valence electrons. The average Bonchev–Trinajstić information content (AvgIpc) is 2.51. The van der Waals surface area contributed by atoms with E-state index in [-0.39, 0.29) is 0 Å².